The third-order valence-electron chi connectivity index (χ3n) is 2.30. The third-order valence-corrected chi connectivity index (χ3v) is 2.30. The van der Waals surface area contributed by atoms with Gasteiger partial charge in [0.2, 0.25) is 0 Å². The molecular weight excluding hydrogens is 196 g/mol. The van der Waals surface area contributed by atoms with Gasteiger partial charge in [-0.15, -0.1) is 0 Å². The summed E-state index contributed by atoms with van der Waals surface area (Å²) in [5, 5.41) is 9.11. The molecule has 0 aromatic carbocycles. The molecular formula is C9H12N4O2. The first kappa shape index (κ1) is 9.85. The first-order valence-electron chi connectivity index (χ1n) is 4.83. The van der Waals surface area contributed by atoms with Gasteiger partial charge in [-0.05, 0) is 6.07 Å². The van der Waals surface area contributed by atoms with Crippen molar-refractivity contribution < 1.29 is 4.79 Å². The third kappa shape index (κ3) is 2.21. The molecule has 2 heterocycles. The van der Waals surface area contributed by atoms with E-state index >= 15 is 0 Å². The van der Waals surface area contributed by atoms with E-state index in [1.807, 2.05) is 0 Å². The van der Waals surface area contributed by atoms with Crippen LogP contribution >= 0.6 is 0 Å². The Morgan fingerprint density at radius 2 is 2.07 bits per heavy atom. The summed E-state index contributed by atoms with van der Waals surface area (Å²) < 4.78 is 0. The van der Waals surface area contributed by atoms with Crippen molar-refractivity contribution in [2.75, 3.05) is 26.2 Å². The smallest absolute Gasteiger partial charge is 0.274 e. The van der Waals surface area contributed by atoms with Gasteiger partial charge >= 0.3 is 0 Å². The number of rotatable bonds is 1. The normalized spacial score (nSPS) is 16.4. The molecule has 1 saturated heterocycles. The number of hydrogen-bond donors (Lipinski definition) is 2. The summed E-state index contributed by atoms with van der Waals surface area (Å²) in [6, 6.07) is 2.76. The van der Waals surface area contributed by atoms with Crippen LogP contribution in [0.1, 0.15) is 10.5 Å². The summed E-state index contributed by atoms with van der Waals surface area (Å²) in [5.41, 5.74) is -0.0108. The molecule has 0 spiro atoms. The summed E-state index contributed by atoms with van der Waals surface area (Å²) in [4.78, 5) is 24.3. The number of nitrogens with zero attached hydrogens (tertiary/aromatic N) is 2. The fourth-order valence-corrected chi connectivity index (χ4v) is 1.49. The molecule has 0 radical (unpaired) electrons. The Morgan fingerprint density at radius 1 is 1.33 bits per heavy atom. The lowest BCUT2D eigenvalue weighted by molar-refractivity contribution is 0.0728. The van der Waals surface area contributed by atoms with Crippen molar-refractivity contribution in [3.63, 3.8) is 0 Å². The van der Waals surface area contributed by atoms with Crippen LogP contribution in [0.5, 0.6) is 0 Å². The summed E-state index contributed by atoms with van der Waals surface area (Å²) in [6.45, 7) is 2.96. The lowest BCUT2D eigenvalue weighted by Gasteiger charge is -2.26. The van der Waals surface area contributed by atoms with Gasteiger partial charge in [0, 0.05) is 32.2 Å². The van der Waals surface area contributed by atoms with Crippen LogP contribution in [-0.2, 0) is 0 Å². The van der Waals surface area contributed by atoms with Crippen LogP contribution < -0.4 is 10.9 Å². The van der Waals surface area contributed by atoms with Gasteiger partial charge in [-0.3, -0.25) is 9.59 Å². The second kappa shape index (κ2) is 4.22. The molecule has 0 atom stereocenters. The molecule has 0 bridgehead atoms. The quantitative estimate of drug-likeness (QED) is 0.608. The largest absolute Gasteiger partial charge is 0.335 e. The average Bonchev–Trinajstić information content (AvgIpc) is 2.30. The molecule has 0 unspecified atom stereocenters. The average molecular weight is 208 g/mol. The molecule has 1 aromatic rings. The van der Waals surface area contributed by atoms with E-state index in [-0.39, 0.29) is 17.2 Å². The molecule has 1 aliphatic heterocycles. The predicted octanol–water partition coefficient (Wildman–Crippen LogP) is -1.18. The number of carbonyl (C=O) groups is 1. The molecule has 80 valence electrons. The van der Waals surface area contributed by atoms with Crippen LogP contribution in [0, 0.1) is 0 Å². The van der Waals surface area contributed by atoms with Gasteiger partial charge in [0.15, 0.2) is 0 Å². The van der Waals surface area contributed by atoms with E-state index in [1.165, 1.54) is 12.1 Å². The van der Waals surface area contributed by atoms with E-state index in [2.05, 4.69) is 15.5 Å². The number of aromatic amines is 1. The maximum Gasteiger partial charge on any atom is 0.274 e. The first-order valence-corrected chi connectivity index (χ1v) is 4.83. The van der Waals surface area contributed by atoms with Crippen LogP contribution in [0.4, 0.5) is 0 Å². The van der Waals surface area contributed by atoms with Gasteiger partial charge in [0.25, 0.3) is 11.5 Å². The second-order valence-electron chi connectivity index (χ2n) is 3.35. The summed E-state index contributed by atoms with van der Waals surface area (Å²) in [5.74, 6) is -0.132. The van der Waals surface area contributed by atoms with Crippen LogP contribution in [-0.4, -0.2) is 47.2 Å². The van der Waals surface area contributed by atoms with Crippen molar-refractivity contribution in [1.29, 1.82) is 0 Å². The van der Waals surface area contributed by atoms with E-state index in [9.17, 15) is 9.59 Å². The molecule has 6 heteroatoms. The molecule has 1 fully saturated rings. The van der Waals surface area contributed by atoms with Crippen molar-refractivity contribution in [1.82, 2.24) is 20.4 Å². The Morgan fingerprint density at radius 3 is 2.67 bits per heavy atom. The van der Waals surface area contributed by atoms with Crippen LogP contribution in [0.25, 0.3) is 0 Å². The molecule has 15 heavy (non-hydrogen) atoms. The van der Waals surface area contributed by atoms with Crippen molar-refractivity contribution in [2.24, 2.45) is 0 Å². The minimum atomic E-state index is -0.299. The Hall–Kier alpha value is -1.69. The van der Waals surface area contributed by atoms with Gasteiger partial charge < -0.3 is 10.2 Å². The molecule has 1 aliphatic rings. The number of nitrogens with one attached hydrogen (secondary N) is 2. The second-order valence-corrected chi connectivity index (χ2v) is 3.35. The van der Waals surface area contributed by atoms with Crippen molar-refractivity contribution in [3.05, 3.63) is 28.2 Å². The van der Waals surface area contributed by atoms with Crippen LogP contribution in [0.2, 0.25) is 0 Å². The maximum atomic E-state index is 11.8. The highest BCUT2D eigenvalue weighted by atomic mass is 16.2. The highest BCUT2D eigenvalue weighted by molar-refractivity contribution is 5.92. The molecule has 1 amide bonds. The Bertz CT molecular complexity index is 388. The fourth-order valence-electron chi connectivity index (χ4n) is 1.49. The van der Waals surface area contributed by atoms with Gasteiger partial charge in [0.1, 0.15) is 5.69 Å². The SMILES string of the molecule is O=C(c1ccc(=O)[nH]n1)N1CCNCC1. The predicted molar refractivity (Wildman–Crippen MR) is 53.6 cm³/mol. The number of piperazine rings is 1. The summed E-state index contributed by atoms with van der Waals surface area (Å²) >= 11 is 0. The number of H-pyrrole nitrogens is 1. The molecule has 0 saturated carbocycles. The number of amides is 1. The highest BCUT2D eigenvalue weighted by Crippen LogP contribution is 2.00. The standard InChI is InChI=1S/C9H12N4O2/c14-8-2-1-7(11-12-8)9(15)13-5-3-10-4-6-13/h1-2,10H,3-6H2,(H,12,14). The van der Waals surface area contributed by atoms with Crippen molar-refractivity contribution in [2.45, 2.75) is 0 Å². The minimum Gasteiger partial charge on any atom is -0.335 e. The zero-order chi connectivity index (χ0) is 10.7. The number of hydrogen-bond acceptors (Lipinski definition) is 4. The van der Waals surface area contributed by atoms with Gasteiger partial charge in [-0.2, -0.15) is 5.10 Å². The molecule has 0 aliphatic carbocycles. The van der Waals surface area contributed by atoms with Gasteiger partial charge in [-0.25, -0.2) is 5.10 Å². The summed E-state index contributed by atoms with van der Waals surface area (Å²) in [6.07, 6.45) is 0. The first-order chi connectivity index (χ1) is 7.27. The Labute approximate surface area is 86.3 Å². The Kier molecular flexibility index (Phi) is 2.77. The zero-order valence-electron chi connectivity index (χ0n) is 8.19. The van der Waals surface area contributed by atoms with Crippen LogP contribution in [0.3, 0.4) is 0 Å². The van der Waals surface area contributed by atoms with E-state index in [4.69, 9.17) is 0 Å². The van der Waals surface area contributed by atoms with E-state index < -0.39 is 0 Å². The van der Waals surface area contributed by atoms with E-state index in [0.717, 1.165) is 13.1 Å². The van der Waals surface area contributed by atoms with Crippen molar-refractivity contribution in [3.8, 4) is 0 Å². The lowest BCUT2D eigenvalue weighted by atomic mass is 10.3. The fraction of sp³-hybridized carbons (Fsp3) is 0.444. The van der Waals surface area contributed by atoms with Gasteiger partial charge in [0.05, 0.1) is 0 Å². The number of aromatic nitrogens is 2. The van der Waals surface area contributed by atoms with Crippen molar-refractivity contribution >= 4 is 5.91 Å². The molecule has 2 rings (SSSR count). The number of carbonyl (C=O) groups excluding carboxylic acids is 1. The van der Waals surface area contributed by atoms with E-state index in [1.54, 1.807) is 4.90 Å². The molecule has 6 nitrogen and oxygen atoms in total. The minimum absolute atomic E-state index is 0.132. The van der Waals surface area contributed by atoms with Crippen LogP contribution in [0.15, 0.2) is 16.9 Å². The maximum absolute atomic E-state index is 11.8. The lowest BCUT2D eigenvalue weighted by Crippen LogP contribution is -2.46. The molecule has 1 aromatic heterocycles. The highest BCUT2D eigenvalue weighted by Gasteiger charge is 2.18. The zero-order valence-corrected chi connectivity index (χ0v) is 8.19. The summed E-state index contributed by atoms with van der Waals surface area (Å²) in [7, 11) is 0. The van der Waals surface area contributed by atoms with E-state index in [0.29, 0.717) is 13.1 Å². The monoisotopic (exact) mass is 208 g/mol. The topological polar surface area (TPSA) is 78.1 Å². The Balaban J connectivity index is 2.12. The van der Waals surface area contributed by atoms with Gasteiger partial charge in [-0.1, -0.05) is 0 Å². The molecule has 2 N–H and O–H groups in total.